The Bertz CT molecular complexity index is 1340. The number of hydrogen-bond donors (Lipinski definition) is 8. The average Bonchev–Trinajstić information content (AvgIpc) is 2.75. The van der Waals surface area contributed by atoms with Gasteiger partial charge in [0, 0.05) is 17.8 Å². The second-order valence-electron chi connectivity index (χ2n) is 8.63. The first kappa shape index (κ1) is 27.7. The fourth-order valence-corrected chi connectivity index (χ4v) is 5.43. The number of nitrogen functional groups attached to an aromatic ring is 1. The maximum atomic E-state index is 12.4. The molecule has 0 radical (unpaired) electrons. The Labute approximate surface area is 207 Å². The van der Waals surface area contributed by atoms with Gasteiger partial charge >= 0.3 is 6.03 Å². The summed E-state index contributed by atoms with van der Waals surface area (Å²) >= 11 is 0. The summed E-state index contributed by atoms with van der Waals surface area (Å²) in [6, 6.07) is 2.79. The summed E-state index contributed by atoms with van der Waals surface area (Å²) in [5, 5.41) is 13.5. The molecule has 15 nitrogen and oxygen atoms in total. The normalized spacial score (nSPS) is 29.2. The minimum absolute atomic E-state index is 0.0114. The Morgan fingerprint density at radius 2 is 1.72 bits per heavy atom. The fraction of sp³-hybridized carbons (Fsp3) is 0.421. The van der Waals surface area contributed by atoms with Gasteiger partial charge in [0.1, 0.15) is 10.6 Å². The van der Waals surface area contributed by atoms with E-state index in [0.29, 0.717) is 31.8 Å². The number of primary amides is 1. The van der Waals surface area contributed by atoms with Crippen molar-refractivity contribution in [3.05, 3.63) is 41.3 Å². The van der Waals surface area contributed by atoms with Crippen molar-refractivity contribution < 1.29 is 30.7 Å². The third-order valence-electron chi connectivity index (χ3n) is 5.83. The molecular formula is C19H28N8O7S2. The molecule has 2 atom stereocenters. The maximum absolute atomic E-state index is 12.4. The number of nitrogens with two attached hydrogens (primary N) is 4. The number of urea groups is 1. The van der Waals surface area contributed by atoms with Gasteiger partial charge in [-0.2, -0.15) is 27.1 Å². The van der Waals surface area contributed by atoms with Gasteiger partial charge in [0.05, 0.1) is 5.69 Å². The molecule has 0 spiro atoms. The van der Waals surface area contributed by atoms with Gasteiger partial charge in [-0.05, 0) is 62.1 Å². The lowest BCUT2D eigenvalue weighted by Crippen LogP contribution is -2.56. The third kappa shape index (κ3) is 6.06. The molecule has 17 heteroatoms. The zero-order valence-corrected chi connectivity index (χ0v) is 20.5. The van der Waals surface area contributed by atoms with Crippen LogP contribution in [-0.2, 0) is 20.2 Å². The summed E-state index contributed by atoms with van der Waals surface area (Å²) < 4.78 is 68.3. The van der Waals surface area contributed by atoms with Gasteiger partial charge < -0.3 is 28.3 Å². The number of nitrogens with one attached hydrogen (secondary N) is 2. The van der Waals surface area contributed by atoms with E-state index in [4.69, 9.17) is 22.9 Å². The summed E-state index contributed by atoms with van der Waals surface area (Å²) in [7, 11) is -10.2. The second kappa shape index (κ2) is 9.85. The first-order valence-electron chi connectivity index (χ1n) is 10.6. The number of anilines is 2. The van der Waals surface area contributed by atoms with Gasteiger partial charge in [-0.15, -0.1) is 0 Å². The van der Waals surface area contributed by atoms with Gasteiger partial charge in [0.15, 0.2) is 10.5 Å². The molecule has 36 heavy (non-hydrogen) atoms. The predicted molar refractivity (Wildman–Crippen MR) is 132 cm³/mol. The van der Waals surface area contributed by atoms with Crippen molar-refractivity contribution >= 4 is 43.3 Å². The summed E-state index contributed by atoms with van der Waals surface area (Å²) in [5.74, 6) is 0. The molecule has 198 valence electrons. The quantitative estimate of drug-likeness (QED) is 0.0998. The van der Waals surface area contributed by atoms with Crippen LogP contribution in [0.25, 0.3) is 0 Å². The topological polar surface area (TPSA) is 279 Å². The molecule has 1 saturated carbocycles. The van der Waals surface area contributed by atoms with E-state index >= 15 is 0 Å². The molecule has 0 aromatic heterocycles. The molecule has 0 bridgehead atoms. The van der Waals surface area contributed by atoms with Crippen LogP contribution in [0.5, 0.6) is 0 Å². The lowest BCUT2D eigenvalue weighted by molar-refractivity contribution is 0.259. The molecule has 2 aliphatic rings. The highest BCUT2D eigenvalue weighted by molar-refractivity contribution is 7.90. The monoisotopic (exact) mass is 544 g/mol. The minimum atomic E-state index is -5.16. The highest BCUT2D eigenvalue weighted by atomic mass is 32.2. The van der Waals surface area contributed by atoms with Crippen molar-refractivity contribution in [2.75, 3.05) is 11.1 Å². The number of hydrogen-bond acceptors (Lipinski definition) is 11. The molecular weight excluding hydrogens is 516 g/mol. The number of benzene rings is 1. The van der Waals surface area contributed by atoms with Crippen LogP contribution in [0.2, 0.25) is 0 Å². The molecule has 1 aromatic rings. The van der Waals surface area contributed by atoms with Crippen LogP contribution in [0.1, 0.15) is 25.7 Å². The van der Waals surface area contributed by atoms with Crippen molar-refractivity contribution in [2.45, 2.75) is 48.3 Å². The summed E-state index contributed by atoms with van der Waals surface area (Å²) in [6.07, 6.45) is 4.50. The Hall–Kier alpha value is -2.93. The van der Waals surface area contributed by atoms with Gasteiger partial charge in [-0.1, -0.05) is 0 Å². The molecule has 0 heterocycles. The number of amides is 2. The van der Waals surface area contributed by atoms with Crippen LogP contribution in [-0.4, -0.2) is 54.6 Å². The third-order valence-corrected chi connectivity index (χ3v) is 7.96. The van der Waals surface area contributed by atoms with Crippen molar-refractivity contribution in [2.24, 2.45) is 27.4 Å². The maximum Gasteiger partial charge on any atom is 0.316 e. The lowest BCUT2D eigenvalue weighted by atomic mass is 9.89. The molecule has 2 unspecified atom stereocenters. The molecule has 2 aliphatic carbocycles. The zero-order chi connectivity index (χ0) is 26.9. The van der Waals surface area contributed by atoms with Crippen LogP contribution in [0.15, 0.2) is 51.6 Å². The molecule has 12 N–H and O–H groups in total. The van der Waals surface area contributed by atoms with E-state index in [9.17, 15) is 30.7 Å². The van der Waals surface area contributed by atoms with E-state index in [1.807, 2.05) is 0 Å². The zero-order valence-electron chi connectivity index (χ0n) is 18.9. The van der Waals surface area contributed by atoms with E-state index in [2.05, 4.69) is 20.9 Å². The molecule has 2 amide bonds. The van der Waals surface area contributed by atoms with E-state index in [-0.39, 0.29) is 29.1 Å². The van der Waals surface area contributed by atoms with Gasteiger partial charge in [-0.25, -0.2) is 4.79 Å². The Morgan fingerprint density at radius 1 is 1.08 bits per heavy atom. The van der Waals surface area contributed by atoms with Gasteiger partial charge in [0.25, 0.3) is 20.2 Å². The van der Waals surface area contributed by atoms with Gasteiger partial charge in [-0.3, -0.25) is 14.4 Å². The van der Waals surface area contributed by atoms with Crippen molar-refractivity contribution in [3.63, 3.8) is 0 Å². The molecule has 3 rings (SSSR count). The summed E-state index contributed by atoms with van der Waals surface area (Å²) in [5.41, 5.74) is 20.8. The molecule has 1 aromatic carbocycles. The Kier molecular flexibility index (Phi) is 7.56. The Balaban J connectivity index is 2.18. The SMILES string of the molecule is NC(=O)Nc1cc(N)ccc1N=NC1(NC2CCC(N)CC2)C=CC(N)(S(=O)(=O)O)C=C1S(=O)(=O)O. The molecule has 0 saturated heterocycles. The number of rotatable bonds is 7. The van der Waals surface area contributed by atoms with Crippen LogP contribution in [0.4, 0.5) is 21.9 Å². The molecule has 0 aliphatic heterocycles. The first-order valence-corrected chi connectivity index (χ1v) is 13.5. The van der Waals surface area contributed by atoms with Crippen LogP contribution in [0.3, 0.4) is 0 Å². The lowest BCUT2D eigenvalue weighted by Gasteiger charge is -2.38. The highest BCUT2D eigenvalue weighted by Crippen LogP contribution is 2.38. The number of nitrogens with zero attached hydrogens (tertiary/aromatic N) is 2. The number of azo groups is 1. The average molecular weight is 545 g/mol. The van der Waals surface area contributed by atoms with Gasteiger partial charge in [0.2, 0.25) is 0 Å². The predicted octanol–water partition coefficient (Wildman–Crippen LogP) is 0.283. The highest BCUT2D eigenvalue weighted by Gasteiger charge is 2.49. The van der Waals surface area contributed by atoms with E-state index < -0.39 is 41.7 Å². The first-order chi connectivity index (χ1) is 16.5. The summed E-state index contributed by atoms with van der Waals surface area (Å²) in [4.78, 5) is 7.74. The standard InChI is InChI=1S/C19H28N8O7S2/c20-11-1-4-13(5-2-11)25-19(27-26-14-6-3-12(21)9-15(14)24-17(22)28)8-7-18(23,36(32,33)34)10-16(19)35(29,30)31/h3,6-11,13,25H,1-2,4-5,20-21,23H2,(H3,22,24,28)(H,29,30,31)(H,32,33,34). The molecule has 1 fully saturated rings. The van der Waals surface area contributed by atoms with Crippen molar-refractivity contribution in [1.82, 2.24) is 5.32 Å². The Morgan fingerprint density at radius 3 is 2.28 bits per heavy atom. The van der Waals surface area contributed by atoms with E-state index in [1.54, 1.807) is 0 Å². The smallest absolute Gasteiger partial charge is 0.316 e. The number of carbonyl (C=O) groups is 1. The second-order valence-corrected chi connectivity index (χ2v) is 11.7. The fourth-order valence-electron chi connectivity index (χ4n) is 3.94. The number of carbonyl (C=O) groups excluding carboxylic acids is 1. The van der Waals surface area contributed by atoms with Crippen LogP contribution in [0, 0.1) is 0 Å². The van der Waals surface area contributed by atoms with Crippen molar-refractivity contribution in [1.29, 1.82) is 0 Å². The van der Waals surface area contributed by atoms with E-state index in [1.165, 1.54) is 18.2 Å². The van der Waals surface area contributed by atoms with E-state index in [0.717, 1.165) is 12.2 Å². The largest absolute Gasteiger partial charge is 0.399 e. The minimum Gasteiger partial charge on any atom is -0.399 e. The van der Waals surface area contributed by atoms with Crippen LogP contribution < -0.4 is 33.6 Å². The van der Waals surface area contributed by atoms with Crippen molar-refractivity contribution in [3.8, 4) is 0 Å². The van der Waals surface area contributed by atoms with Crippen LogP contribution >= 0.6 is 0 Å². The summed E-state index contributed by atoms with van der Waals surface area (Å²) in [6.45, 7) is 0.